The number of thiophene rings is 4. The Morgan fingerprint density at radius 1 is 0.273 bits per heavy atom. The molecule has 0 amide bonds. The van der Waals surface area contributed by atoms with E-state index in [1.54, 1.807) is 22.7 Å². The summed E-state index contributed by atoms with van der Waals surface area (Å²) >= 11 is 13.5. The topological polar surface area (TPSA) is 72.3 Å². The molecule has 0 radical (unpaired) electrons. The van der Waals surface area contributed by atoms with E-state index in [1.165, 1.54) is 126 Å². The Morgan fingerprint density at radius 2 is 0.657 bits per heavy atom. The number of benzene rings is 14. The summed E-state index contributed by atoms with van der Waals surface area (Å²) in [6.45, 7) is 0. The molecular weight excluding hydrogens is 1300 g/mol. The molecule has 6 nitrogen and oxygen atoms in total. The molecule has 1 N–H and O–H groups in total. The number of rotatable bonds is 5. The Balaban J connectivity index is 0.000000111. The van der Waals surface area contributed by atoms with Crippen molar-refractivity contribution < 1.29 is 0 Å². The van der Waals surface area contributed by atoms with Gasteiger partial charge in [-0.15, -0.1) is 45.3 Å². The van der Waals surface area contributed by atoms with Crippen molar-refractivity contribution in [3.8, 4) is 50.7 Å². The predicted octanol–water partition coefficient (Wildman–Crippen LogP) is 26.5. The summed E-state index contributed by atoms with van der Waals surface area (Å²) in [6, 6.07) is 108. The molecule has 0 saturated carbocycles. The molecule has 0 unspecified atom stereocenters. The minimum absolute atomic E-state index is 0.281. The molecule has 22 rings (SSSR count). The van der Waals surface area contributed by atoms with Crippen LogP contribution in [0.2, 0.25) is 5.28 Å². The van der Waals surface area contributed by atoms with Crippen molar-refractivity contribution in [2.45, 2.75) is 0 Å². The Bertz CT molecular complexity index is 6880. The van der Waals surface area contributed by atoms with Crippen molar-refractivity contribution in [2.75, 3.05) is 0 Å². The Morgan fingerprint density at radius 3 is 1.22 bits per heavy atom. The molecule has 0 saturated heterocycles. The zero-order valence-corrected chi connectivity index (χ0v) is 56.6. The summed E-state index contributed by atoms with van der Waals surface area (Å²) in [4.78, 5) is 23.7. The van der Waals surface area contributed by atoms with E-state index in [2.05, 4.69) is 293 Å². The van der Waals surface area contributed by atoms with E-state index in [0.29, 0.717) is 5.95 Å². The van der Waals surface area contributed by atoms with Crippen LogP contribution < -0.4 is 0 Å². The highest BCUT2D eigenvalue weighted by Crippen LogP contribution is 2.50. The van der Waals surface area contributed by atoms with E-state index in [-0.39, 0.29) is 5.28 Å². The number of nitrogens with one attached hydrogen (secondary N) is 1. The molecule has 0 bridgehead atoms. The van der Waals surface area contributed by atoms with E-state index < -0.39 is 0 Å². The minimum Gasteiger partial charge on any atom is -0.354 e. The van der Waals surface area contributed by atoms with Crippen LogP contribution in [0.4, 0.5) is 0 Å². The Labute approximate surface area is 587 Å². The van der Waals surface area contributed by atoms with Crippen LogP contribution in [-0.2, 0) is 0 Å². The third kappa shape index (κ3) is 9.40. The summed E-state index contributed by atoms with van der Waals surface area (Å²) in [5.41, 5.74) is 15.4. The van der Waals surface area contributed by atoms with Crippen LogP contribution in [-0.4, -0.2) is 29.5 Å². The van der Waals surface area contributed by atoms with Crippen molar-refractivity contribution in [1.29, 1.82) is 0 Å². The first-order valence-corrected chi connectivity index (χ1v) is 36.5. The quantitative estimate of drug-likeness (QED) is 0.174. The predicted molar refractivity (Wildman–Crippen MR) is 428 cm³/mol. The molecule has 0 spiro atoms. The third-order valence-corrected chi connectivity index (χ3v) is 24.2. The summed E-state index contributed by atoms with van der Waals surface area (Å²) < 4.78 is 12.3. The van der Waals surface area contributed by atoms with E-state index >= 15 is 0 Å². The fourth-order valence-corrected chi connectivity index (χ4v) is 19.8. The number of nitrogens with zero attached hydrogens (tertiary/aromatic N) is 5. The number of H-pyrrole nitrogens is 1. The Kier molecular flexibility index (Phi) is 13.6. The highest BCUT2D eigenvalue weighted by atomic mass is 35.5. The van der Waals surface area contributed by atoms with Crippen LogP contribution in [0.1, 0.15) is 0 Å². The number of aromatic amines is 1. The summed E-state index contributed by atoms with van der Waals surface area (Å²) in [7, 11) is 0. The van der Waals surface area contributed by atoms with Crippen LogP contribution in [0.3, 0.4) is 0 Å². The molecule has 99 heavy (non-hydrogen) atoms. The number of hydrogen-bond acceptors (Lipinski definition) is 8. The van der Waals surface area contributed by atoms with Gasteiger partial charge < -0.3 is 4.98 Å². The molecule has 0 aliphatic rings. The lowest BCUT2D eigenvalue weighted by atomic mass is 10.00. The van der Waals surface area contributed by atoms with E-state index in [9.17, 15) is 0 Å². The lowest BCUT2D eigenvalue weighted by molar-refractivity contribution is 1.02. The van der Waals surface area contributed by atoms with Gasteiger partial charge in [0.25, 0.3) is 0 Å². The molecule has 464 valence electrons. The zero-order valence-electron chi connectivity index (χ0n) is 52.6. The smallest absolute Gasteiger partial charge is 0.235 e. The lowest BCUT2D eigenvalue weighted by Crippen LogP contribution is -2.03. The number of para-hydroxylation sites is 2. The van der Waals surface area contributed by atoms with Crippen LogP contribution >= 0.6 is 56.9 Å². The van der Waals surface area contributed by atoms with Gasteiger partial charge in [-0.3, -0.25) is 4.57 Å². The second-order valence-electron chi connectivity index (χ2n) is 24.8. The summed E-state index contributed by atoms with van der Waals surface area (Å²) in [6.07, 6.45) is 0. The van der Waals surface area contributed by atoms with Gasteiger partial charge in [-0.25, -0.2) is 19.9 Å². The zero-order chi connectivity index (χ0) is 65.2. The van der Waals surface area contributed by atoms with Crippen LogP contribution in [0, 0.1) is 0 Å². The van der Waals surface area contributed by atoms with Crippen LogP contribution in [0.15, 0.2) is 303 Å². The van der Waals surface area contributed by atoms with E-state index in [4.69, 9.17) is 21.6 Å². The van der Waals surface area contributed by atoms with Crippen molar-refractivity contribution in [3.05, 3.63) is 309 Å². The Hall–Kier alpha value is -11.5. The van der Waals surface area contributed by atoms with Gasteiger partial charge in [0, 0.05) is 120 Å². The lowest BCUT2D eigenvalue weighted by Gasteiger charge is -2.12. The van der Waals surface area contributed by atoms with Crippen molar-refractivity contribution in [2.24, 2.45) is 0 Å². The van der Waals surface area contributed by atoms with Crippen molar-refractivity contribution in [1.82, 2.24) is 29.5 Å². The molecule has 0 atom stereocenters. The first kappa shape index (κ1) is 57.7. The van der Waals surface area contributed by atoms with Crippen molar-refractivity contribution in [3.63, 3.8) is 0 Å². The summed E-state index contributed by atoms with van der Waals surface area (Å²) in [5.74, 6) is 0.688. The van der Waals surface area contributed by atoms with Crippen LogP contribution in [0.5, 0.6) is 0 Å². The molecule has 0 fully saturated rings. The number of fused-ring (bicyclic) bond motifs is 26. The molecule has 8 heterocycles. The number of hydrogen-bond donors (Lipinski definition) is 1. The molecule has 0 aliphatic heterocycles. The maximum Gasteiger partial charge on any atom is 0.235 e. The SMILES string of the molecule is Clc1nc(-c2ccc(-c3ccccc3)cc2)c2sc3ccccc3c2n1.c1ccc(-c2ccc(-c3nc(-n4c5ccccc5c5c6c7ccccc7sc6c6ccccc6c54)nc4c3sc3ccccc34)cc2)cc1.c1ccc2c(c1)[nH]c1c3ccccc3c3sc4ccccc4c3c21. The van der Waals surface area contributed by atoms with Gasteiger partial charge >= 0.3 is 0 Å². The maximum absolute atomic E-state index is 6.24. The highest BCUT2D eigenvalue weighted by molar-refractivity contribution is 7.28. The molecule has 22 aromatic rings. The van der Waals surface area contributed by atoms with Gasteiger partial charge in [-0.1, -0.05) is 267 Å². The van der Waals surface area contributed by atoms with Gasteiger partial charge in [-0.05, 0) is 70.3 Å². The fourth-order valence-electron chi connectivity index (χ4n) is 14.8. The molecule has 0 aliphatic carbocycles. The largest absolute Gasteiger partial charge is 0.354 e. The number of halogens is 1. The maximum atomic E-state index is 6.24. The van der Waals surface area contributed by atoms with E-state index in [1.807, 2.05) is 53.0 Å². The fraction of sp³-hybridized carbons (Fsp3) is 0. The first-order valence-electron chi connectivity index (χ1n) is 32.9. The second-order valence-corrected chi connectivity index (χ2v) is 29.4. The number of aromatic nitrogens is 6. The van der Waals surface area contributed by atoms with Crippen molar-refractivity contribution >= 4 is 203 Å². The highest BCUT2D eigenvalue weighted by Gasteiger charge is 2.26. The third-order valence-electron chi connectivity index (χ3n) is 19.3. The van der Waals surface area contributed by atoms with E-state index in [0.717, 1.165) is 64.8 Å². The average Bonchev–Trinajstić information content (AvgIpc) is 1.56. The molecule has 14 aromatic carbocycles. The van der Waals surface area contributed by atoms with Gasteiger partial charge in [0.2, 0.25) is 11.2 Å². The average molecular weight is 1360 g/mol. The standard InChI is InChI=1S/C44H25N3S2.C22H13ClN2S.C22H13NS/c1-2-12-26(13-3-1)27-22-24-28(25-23-27)39-43-40(33-18-8-11-21-36(33)49-43)46-44(45-39)47-34-19-9-6-16-31(34)37-38-32-17-7-10-20-35(32)48-42(38)30-15-5-4-14-29(30)41(37)47;23-22-24-19(21-20(25-22)17-8-4-5-9-18(17)26-21)16-12-10-15(11-13-16)14-6-2-1-3-7-14;1-2-8-14-13(7-1)21-19(15-9-3-5-11-17(15)23-21)20-16-10-4-6-12-18(16)24-22(14)20/h1-25H;1-13H;1-12,23H. The monoisotopic (exact) mass is 1350 g/mol. The van der Waals surface area contributed by atoms with Gasteiger partial charge in [0.1, 0.15) is 0 Å². The molecule has 8 aromatic heterocycles. The normalized spacial score (nSPS) is 11.9. The van der Waals surface area contributed by atoms with Gasteiger partial charge in [-0.2, -0.15) is 0 Å². The minimum atomic E-state index is 0.281. The molecular formula is C88H51ClN6S4. The molecule has 11 heteroatoms. The van der Waals surface area contributed by atoms with Gasteiger partial charge in [0.05, 0.1) is 48.4 Å². The first-order chi connectivity index (χ1) is 49.0. The summed E-state index contributed by atoms with van der Waals surface area (Å²) in [5, 5.41) is 18.2. The second kappa shape index (κ2) is 23.4. The van der Waals surface area contributed by atoms with Gasteiger partial charge in [0.15, 0.2) is 0 Å². The van der Waals surface area contributed by atoms with Crippen LogP contribution in [0.25, 0.3) is 197 Å².